The highest BCUT2D eigenvalue weighted by atomic mass is 32.2. The van der Waals surface area contributed by atoms with Gasteiger partial charge in [-0.25, -0.2) is 13.1 Å². The minimum absolute atomic E-state index is 0.223. The molecule has 0 unspecified atom stereocenters. The number of sulfonamides is 1. The van der Waals surface area contributed by atoms with Crippen LogP contribution in [0.3, 0.4) is 0 Å². The smallest absolute Gasteiger partial charge is 0.213 e. The zero-order chi connectivity index (χ0) is 10.2. The van der Waals surface area contributed by atoms with Gasteiger partial charge < -0.3 is 5.11 Å². The molecule has 0 aliphatic rings. The Morgan fingerprint density at radius 3 is 2.77 bits per heavy atom. The molecule has 0 spiro atoms. The van der Waals surface area contributed by atoms with Crippen molar-refractivity contribution in [2.24, 2.45) is 0 Å². The predicted molar refractivity (Wildman–Crippen MR) is 56.4 cm³/mol. The normalized spacial score (nSPS) is 11.5. The molecule has 0 aromatic carbocycles. The van der Waals surface area contributed by atoms with Crippen LogP contribution in [-0.2, 0) is 10.0 Å². The number of rotatable bonds is 8. The largest absolute Gasteiger partial charge is 0.395 e. The van der Waals surface area contributed by atoms with Crippen molar-refractivity contribution in [2.45, 2.75) is 0 Å². The van der Waals surface area contributed by atoms with Crippen LogP contribution in [0.4, 0.5) is 0 Å². The topological polar surface area (TPSA) is 66.4 Å². The van der Waals surface area contributed by atoms with E-state index in [9.17, 15) is 8.42 Å². The standard InChI is InChI=1S/C7H15NO3S2/c1-2-5-12-6-3-8-13(10,11)7-4-9/h2,8-9H,1,3-7H2. The first-order valence-electron chi connectivity index (χ1n) is 3.89. The molecule has 13 heavy (non-hydrogen) atoms. The number of nitrogens with one attached hydrogen (secondary N) is 1. The first kappa shape index (κ1) is 13.0. The number of aliphatic hydroxyl groups excluding tert-OH is 1. The van der Waals surface area contributed by atoms with E-state index in [-0.39, 0.29) is 12.4 Å². The van der Waals surface area contributed by atoms with Crippen LogP contribution in [0, 0.1) is 0 Å². The van der Waals surface area contributed by atoms with Gasteiger partial charge in [-0.3, -0.25) is 0 Å². The Hall–Kier alpha value is -0.0400. The number of hydrogen-bond acceptors (Lipinski definition) is 4. The first-order chi connectivity index (χ1) is 6.12. The summed E-state index contributed by atoms with van der Waals surface area (Å²) in [6.45, 7) is 3.61. The molecule has 0 fully saturated rings. The van der Waals surface area contributed by atoms with Crippen LogP contribution in [0.5, 0.6) is 0 Å². The average molecular weight is 225 g/mol. The lowest BCUT2D eigenvalue weighted by Gasteiger charge is -2.03. The Morgan fingerprint density at radius 1 is 1.54 bits per heavy atom. The third-order valence-corrected chi connectivity index (χ3v) is 3.49. The van der Waals surface area contributed by atoms with E-state index in [1.54, 1.807) is 17.8 Å². The highest BCUT2D eigenvalue weighted by molar-refractivity contribution is 7.99. The van der Waals surface area contributed by atoms with Gasteiger partial charge in [0, 0.05) is 18.1 Å². The van der Waals surface area contributed by atoms with Gasteiger partial charge in [-0.2, -0.15) is 11.8 Å². The minimum Gasteiger partial charge on any atom is -0.395 e. The van der Waals surface area contributed by atoms with E-state index in [4.69, 9.17) is 5.11 Å². The summed E-state index contributed by atoms with van der Waals surface area (Å²) in [5.41, 5.74) is 0. The number of aliphatic hydroxyl groups is 1. The molecule has 0 bridgehead atoms. The molecule has 0 aliphatic heterocycles. The maximum absolute atomic E-state index is 11.0. The van der Waals surface area contributed by atoms with E-state index in [2.05, 4.69) is 11.3 Å². The zero-order valence-electron chi connectivity index (χ0n) is 7.40. The van der Waals surface area contributed by atoms with Crippen molar-refractivity contribution < 1.29 is 13.5 Å². The Kier molecular flexibility index (Phi) is 7.35. The number of thioether (sulfide) groups is 1. The van der Waals surface area contributed by atoms with Gasteiger partial charge in [-0.15, -0.1) is 6.58 Å². The molecule has 0 aromatic rings. The summed E-state index contributed by atoms with van der Waals surface area (Å²) in [6.07, 6.45) is 1.77. The lowest BCUT2D eigenvalue weighted by Crippen LogP contribution is -2.29. The van der Waals surface area contributed by atoms with Crippen LogP contribution in [0.1, 0.15) is 0 Å². The monoisotopic (exact) mass is 225 g/mol. The van der Waals surface area contributed by atoms with Crippen LogP contribution in [0.2, 0.25) is 0 Å². The van der Waals surface area contributed by atoms with Gasteiger partial charge in [0.1, 0.15) is 0 Å². The quantitative estimate of drug-likeness (QED) is 0.444. The lowest BCUT2D eigenvalue weighted by atomic mass is 10.8. The van der Waals surface area contributed by atoms with Gasteiger partial charge in [0.25, 0.3) is 0 Å². The van der Waals surface area contributed by atoms with E-state index in [0.29, 0.717) is 6.54 Å². The molecule has 6 heteroatoms. The summed E-state index contributed by atoms with van der Waals surface area (Å²) in [6, 6.07) is 0. The van der Waals surface area contributed by atoms with Crippen molar-refractivity contribution in [1.82, 2.24) is 4.72 Å². The fraction of sp³-hybridized carbons (Fsp3) is 0.714. The van der Waals surface area contributed by atoms with Gasteiger partial charge in [0.15, 0.2) is 0 Å². The fourth-order valence-electron chi connectivity index (χ4n) is 0.628. The second-order valence-corrected chi connectivity index (χ2v) is 5.38. The second-order valence-electron chi connectivity index (χ2n) is 2.30. The van der Waals surface area contributed by atoms with E-state index < -0.39 is 10.0 Å². The van der Waals surface area contributed by atoms with Crippen LogP contribution in [0.15, 0.2) is 12.7 Å². The highest BCUT2D eigenvalue weighted by Crippen LogP contribution is 1.97. The number of hydrogen-bond donors (Lipinski definition) is 2. The van der Waals surface area contributed by atoms with Gasteiger partial charge in [-0.1, -0.05) is 6.08 Å². The van der Waals surface area contributed by atoms with E-state index in [1.807, 2.05) is 0 Å². The Morgan fingerprint density at radius 2 is 2.23 bits per heavy atom. The van der Waals surface area contributed by atoms with Gasteiger partial charge >= 0.3 is 0 Å². The van der Waals surface area contributed by atoms with E-state index in [0.717, 1.165) is 11.5 Å². The van der Waals surface area contributed by atoms with Crippen molar-refractivity contribution >= 4 is 21.8 Å². The fourth-order valence-corrected chi connectivity index (χ4v) is 2.14. The Bertz CT molecular complexity index is 226. The first-order valence-corrected chi connectivity index (χ1v) is 6.70. The summed E-state index contributed by atoms with van der Waals surface area (Å²) < 4.78 is 24.3. The second kappa shape index (κ2) is 7.37. The molecule has 0 aromatic heterocycles. The van der Waals surface area contributed by atoms with Crippen LogP contribution in [-0.4, -0.2) is 43.9 Å². The van der Waals surface area contributed by atoms with Crippen molar-refractivity contribution in [3.05, 3.63) is 12.7 Å². The summed E-state index contributed by atoms with van der Waals surface area (Å²) >= 11 is 1.60. The molecule has 0 saturated carbocycles. The third-order valence-electron chi connectivity index (χ3n) is 1.16. The SMILES string of the molecule is C=CCSCCNS(=O)(=O)CCO. The zero-order valence-corrected chi connectivity index (χ0v) is 9.03. The maximum Gasteiger partial charge on any atom is 0.213 e. The predicted octanol–water partition coefficient (Wildman–Crippen LogP) is -0.183. The molecule has 0 saturated heterocycles. The summed E-state index contributed by atoms with van der Waals surface area (Å²) in [4.78, 5) is 0. The molecular weight excluding hydrogens is 210 g/mol. The van der Waals surface area contributed by atoms with Crippen LogP contribution < -0.4 is 4.72 Å². The Labute approximate surface area is 83.5 Å². The van der Waals surface area contributed by atoms with Gasteiger partial charge in [0.2, 0.25) is 10.0 Å². The molecular formula is C7H15NO3S2. The maximum atomic E-state index is 11.0. The molecule has 0 heterocycles. The van der Waals surface area contributed by atoms with Crippen LogP contribution in [0.25, 0.3) is 0 Å². The molecule has 78 valence electrons. The molecule has 0 rings (SSSR count). The van der Waals surface area contributed by atoms with Crippen molar-refractivity contribution in [3.8, 4) is 0 Å². The van der Waals surface area contributed by atoms with Crippen molar-refractivity contribution in [3.63, 3.8) is 0 Å². The molecule has 4 nitrogen and oxygen atoms in total. The van der Waals surface area contributed by atoms with Crippen molar-refractivity contribution in [2.75, 3.05) is 30.4 Å². The molecule has 0 amide bonds. The highest BCUT2D eigenvalue weighted by Gasteiger charge is 2.06. The average Bonchev–Trinajstić information content (AvgIpc) is 2.04. The molecule has 0 atom stereocenters. The Balaban J connectivity index is 3.46. The van der Waals surface area contributed by atoms with E-state index in [1.165, 1.54) is 0 Å². The third kappa shape index (κ3) is 8.29. The minimum atomic E-state index is -3.26. The molecule has 2 N–H and O–H groups in total. The van der Waals surface area contributed by atoms with Crippen LogP contribution >= 0.6 is 11.8 Å². The van der Waals surface area contributed by atoms with Gasteiger partial charge in [0.05, 0.1) is 12.4 Å². The molecule has 0 radical (unpaired) electrons. The summed E-state index contributed by atoms with van der Waals surface area (Å²) in [7, 11) is -3.26. The molecule has 0 aliphatic carbocycles. The van der Waals surface area contributed by atoms with E-state index >= 15 is 0 Å². The summed E-state index contributed by atoms with van der Waals surface area (Å²) in [5.74, 6) is 1.32. The lowest BCUT2D eigenvalue weighted by molar-refractivity contribution is 0.319. The summed E-state index contributed by atoms with van der Waals surface area (Å²) in [5, 5.41) is 8.40. The van der Waals surface area contributed by atoms with Gasteiger partial charge in [-0.05, 0) is 0 Å². The van der Waals surface area contributed by atoms with Crippen molar-refractivity contribution in [1.29, 1.82) is 0 Å².